The van der Waals surface area contributed by atoms with E-state index < -0.39 is 0 Å². The third kappa shape index (κ3) is 1.83. The second kappa shape index (κ2) is 4.80. The third-order valence-corrected chi connectivity index (χ3v) is 5.39. The highest BCUT2D eigenvalue weighted by molar-refractivity contribution is 7.09. The first-order chi connectivity index (χ1) is 11.3. The zero-order valence-electron chi connectivity index (χ0n) is 12.5. The van der Waals surface area contributed by atoms with Crippen molar-refractivity contribution >= 4 is 44.5 Å². The fourth-order valence-corrected chi connectivity index (χ4v) is 4.32. The minimum absolute atomic E-state index is 0.0157. The summed E-state index contributed by atoms with van der Waals surface area (Å²) in [6.07, 6.45) is 2.42. The largest absolute Gasteiger partial charge is 0.356 e. The summed E-state index contributed by atoms with van der Waals surface area (Å²) >= 11 is 1.63. The van der Waals surface area contributed by atoms with Crippen molar-refractivity contribution in [1.82, 2.24) is 9.38 Å². The van der Waals surface area contributed by atoms with Crippen molar-refractivity contribution < 1.29 is 0 Å². The highest BCUT2D eigenvalue weighted by atomic mass is 32.1. The molecule has 23 heavy (non-hydrogen) atoms. The van der Waals surface area contributed by atoms with Crippen molar-refractivity contribution in [2.45, 2.75) is 12.8 Å². The molecular weight excluding hydrogens is 306 g/mol. The maximum atomic E-state index is 12.9. The van der Waals surface area contributed by atoms with Crippen molar-refractivity contribution in [3.05, 3.63) is 51.4 Å². The molecule has 3 aromatic heterocycles. The van der Waals surface area contributed by atoms with Crippen LogP contribution in [0.2, 0.25) is 0 Å². The molecule has 114 valence electrons. The van der Waals surface area contributed by atoms with E-state index in [0.29, 0.717) is 0 Å². The van der Waals surface area contributed by atoms with E-state index in [1.165, 1.54) is 12.8 Å². The zero-order chi connectivity index (χ0) is 15.4. The maximum absolute atomic E-state index is 12.9. The van der Waals surface area contributed by atoms with Gasteiger partial charge in [0.1, 0.15) is 11.5 Å². The molecule has 1 saturated heterocycles. The normalized spacial score (nSPS) is 15.2. The van der Waals surface area contributed by atoms with Crippen LogP contribution in [0.4, 0.5) is 5.82 Å². The van der Waals surface area contributed by atoms with Gasteiger partial charge in [-0.15, -0.1) is 11.3 Å². The third-order valence-electron chi connectivity index (χ3n) is 4.66. The second-order valence-electron chi connectivity index (χ2n) is 6.03. The number of anilines is 1. The summed E-state index contributed by atoms with van der Waals surface area (Å²) in [6, 6.07) is 9.76. The topological polar surface area (TPSA) is 37.6 Å². The van der Waals surface area contributed by atoms with Crippen molar-refractivity contribution in [2.75, 3.05) is 18.0 Å². The van der Waals surface area contributed by atoms with E-state index >= 15 is 0 Å². The smallest absolute Gasteiger partial charge is 0.264 e. The molecule has 0 N–H and O–H groups in total. The van der Waals surface area contributed by atoms with Gasteiger partial charge in [0.15, 0.2) is 0 Å². The number of pyridine rings is 1. The Morgan fingerprint density at radius 1 is 1.04 bits per heavy atom. The van der Waals surface area contributed by atoms with Crippen LogP contribution in [-0.4, -0.2) is 22.5 Å². The Balaban J connectivity index is 1.96. The maximum Gasteiger partial charge on any atom is 0.264 e. The Morgan fingerprint density at radius 3 is 2.74 bits per heavy atom. The highest BCUT2D eigenvalue weighted by Crippen LogP contribution is 2.31. The molecule has 5 rings (SSSR count). The number of benzene rings is 1. The fourth-order valence-electron chi connectivity index (χ4n) is 3.53. The lowest BCUT2D eigenvalue weighted by Gasteiger charge is -2.18. The van der Waals surface area contributed by atoms with Gasteiger partial charge in [0.25, 0.3) is 5.56 Å². The monoisotopic (exact) mass is 321 g/mol. The van der Waals surface area contributed by atoms with Gasteiger partial charge in [0.05, 0.1) is 10.9 Å². The molecule has 1 aromatic carbocycles. The van der Waals surface area contributed by atoms with E-state index in [2.05, 4.69) is 15.7 Å². The summed E-state index contributed by atoms with van der Waals surface area (Å²) in [5.74, 6) is 1.02. The number of hydrogen-bond donors (Lipinski definition) is 0. The molecule has 0 amide bonds. The first kappa shape index (κ1) is 13.1. The Hall–Kier alpha value is -2.40. The summed E-state index contributed by atoms with van der Waals surface area (Å²) in [5.41, 5.74) is 1.72. The van der Waals surface area contributed by atoms with E-state index in [1.54, 1.807) is 15.7 Å². The molecule has 4 nitrogen and oxygen atoms in total. The lowest BCUT2D eigenvalue weighted by molar-refractivity contribution is 0.942. The van der Waals surface area contributed by atoms with E-state index in [-0.39, 0.29) is 5.56 Å². The number of fused-ring (bicyclic) bond motifs is 4. The van der Waals surface area contributed by atoms with Gasteiger partial charge in [-0.1, -0.05) is 18.2 Å². The standard InChI is InChI=1S/C18H15N3OS/c22-18-13-6-2-1-5-12(13)9-16-19-17(20-7-3-4-8-20)14-10-23-11-15(14)21(16)18/h1-2,5-6,9-11H,3-4,7-8H2. The van der Waals surface area contributed by atoms with E-state index in [0.717, 1.165) is 46.2 Å². The van der Waals surface area contributed by atoms with Crippen LogP contribution < -0.4 is 10.5 Å². The average molecular weight is 321 g/mol. The molecule has 0 radical (unpaired) electrons. The van der Waals surface area contributed by atoms with E-state index in [1.807, 2.05) is 30.3 Å². The number of aromatic nitrogens is 2. The van der Waals surface area contributed by atoms with E-state index in [9.17, 15) is 4.79 Å². The van der Waals surface area contributed by atoms with E-state index in [4.69, 9.17) is 4.98 Å². The Labute approximate surface area is 136 Å². The molecule has 4 aromatic rings. The summed E-state index contributed by atoms with van der Waals surface area (Å²) in [6.45, 7) is 2.10. The minimum Gasteiger partial charge on any atom is -0.356 e. The van der Waals surface area contributed by atoms with Crippen LogP contribution in [0.15, 0.2) is 45.9 Å². The molecule has 1 fully saturated rings. The molecule has 0 atom stereocenters. The van der Waals surface area contributed by atoms with Crippen LogP contribution in [0.1, 0.15) is 12.8 Å². The molecule has 0 aliphatic carbocycles. The van der Waals surface area contributed by atoms with Gasteiger partial charge in [0.2, 0.25) is 0 Å². The van der Waals surface area contributed by atoms with Gasteiger partial charge in [-0.25, -0.2) is 4.98 Å². The molecule has 1 aliphatic heterocycles. The van der Waals surface area contributed by atoms with Crippen molar-refractivity contribution in [1.29, 1.82) is 0 Å². The quantitative estimate of drug-likeness (QED) is 0.502. The van der Waals surface area contributed by atoms with Gasteiger partial charge in [-0.3, -0.25) is 9.20 Å². The van der Waals surface area contributed by atoms with Gasteiger partial charge in [0, 0.05) is 29.2 Å². The van der Waals surface area contributed by atoms with Crippen LogP contribution in [-0.2, 0) is 0 Å². The van der Waals surface area contributed by atoms with Gasteiger partial charge in [-0.2, -0.15) is 0 Å². The Kier molecular flexibility index (Phi) is 2.73. The molecule has 0 bridgehead atoms. The number of thiophene rings is 1. The van der Waals surface area contributed by atoms with Crippen molar-refractivity contribution in [3.8, 4) is 0 Å². The molecule has 4 heterocycles. The van der Waals surface area contributed by atoms with Gasteiger partial charge < -0.3 is 4.90 Å². The molecule has 0 unspecified atom stereocenters. The Morgan fingerprint density at radius 2 is 1.87 bits per heavy atom. The molecular formula is C18H15N3OS. The molecule has 5 heteroatoms. The molecule has 0 saturated carbocycles. The van der Waals surface area contributed by atoms with Crippen LogP contribution in [0.25, 0.3) is 27.3 Å². The highest BCUT2D eigenvalue weighted by Gasteiger charge is 2.19. The second-order valence-corrected chi connectivity index (χ2v) is 6.77. The lowest BCUT2D eigenvalue weighted by atomic mass is 10.1. The number of hydrogen-bond acceptors (Lipinski definition) is 4. The van der Waals surface area contributed by atoms with Crippen LogP contribution in [0, 0.1) is 0 Å². The van der Waals surface area contributed by atoms with Crippen molar-refractivity contribution in [3.63, 3.8) is 0 Å². The zero-order valence-corrected chi connectivity index (χ0v) is 13.3. The number of rotatable bonds is 1. The van der Waals surface area contributed by atoms with Gasteiger partial charge in [-0.05, 0) is 30.4 Å². The van der Waals surface area contributed by atoms with Crippen LogP contribution in [0.5, 0.6) is 0 Å². The molecule has 0 spiro atoms. The first-order valence-electron chi connectivity index (χ1n) is 7.88. The van der Waals surface area contributed by atoms with Crippen LogP contribution in [0.3, 0.4) is 0 Å². The summed E-state index contributed by atoms with van der Waals surface area (Å²) < 4.78 is 1.76. The lowest BCUT2D eigenvalue weighted by Crippen LogP contribution is -2.22. The fraction of sp³-hybridized carbons (Fsp3) is 0.222. The van der Waals surface area contributed by atoms with Gasteiger partial charge >= 0.3 is 0 Å². The minimum atomic E-state index is 0.0157. The summed E-state index contributed by atoms with van der Waals surface area (Å²) in [4.78, 5) is 20.2. The molecule has 1 aliphatic rings. The van der Waals surface area contributed by atoms with Crippen LogP contribution >= 0.6 is 11.3 Å². The SMILES string of the molecule is O=c1c2ccccc2cc2nc(N3CCCC3)c3cscc3n12. The summed E-state index contributed by atoms with van der Waals surface area (Å²) in [7, 11) is 0. The predicted octanol–water partition coefficient (Wildman–Crippen LogP) is 3.66. The average Bonchev–Trinajstić information content (AvgIpc) is 3.26. The number of nitrogens with zero attached hydrogens (tertiary/aromatic N) is 3. The summed E-state index contributed by atoms with van der Waals surface area (Å²) in [5, 5.41) is 6.94. The van der Waals surface area contributed by atoms with Crippen molar-refractivity contribution in [2.24, 2.45) is 0 Å². The first-order valence-corrected chi connectivity index (χ1v) is 8.82. The predicted molar refractivity (Wildman–Crippen MR) is 95.8 cm³/mol. The Bertz CT molecular complexity index is 1110.